The van der Waals surface area contributed by atoms with E-state index in [9.17, 15) is 23.6 Å². The fourth-order valence-corrected chi connectivity index (χ4v) is 4.00. The lowest BCUT2D eigenvalue weighted by atomic mass is 10.1. The Morgan fingerprint density at radius 3 is 2.27 bits per heavy atom. The topological polar surface area (TPSA) is 103 Å². The van der Waals surface area contributed by atoms with Crippen molar-refractivity contribution in [3.8, 4) is 34.5 Å². The van der Waals surface area contributed by atoms with E-state index in [0.717, 1.165) is 45.8 Å². The molecule has 0 aliphatic carbocycles. The maximum absolute atomic E-state index is 15.2. The number of hydrogen-bond acceptors (Lipinski definition) is 5. The standard InChI is InChI=1S/C27H17F4N5O4/c1-33-16-7-4-15(13-32)21(10-16)36-26(38)23(34-25(37)14-5-8-17(9-6-14)40-27(30)31)24(35(36)2)22-19(28)11-18(39-3)12-20(22)29/h4-12,27H,2-3H3,(H,34,37). The Morgan fingerprint density at radius 2 is 1.73 bits per heavy atom. The minimum atomic E-state index is -3.08. The molecule has 4 aromatic rings. The monoisotopic (exact) mass is 551 g/mol. The molecular weight excluding hydrogens is 534 g/mol. The third-order valence-corrected chi connectivity index (χ3v) is 5.79. The zero-order valence-corrected chi connectivity index (χ0v) is 20.7. The molecule has 0 saturated heterocycles. The molecule has 1 amide bonds. The molecule has 0 aliphatic rings. The van der Waals surface area contributed by atoms with Crippen LogP contribution in [0.1, 0.15) is 15.9 Å². The van der Waals surface area contributed by atoms with E-state index in [1.807, 2.05) is 6.07 Å². The molecule has 1 aromatic heterocycles. The number of carbonyl (C=O) groups excluding carboxylic acids is 1. The summed E-state index contributed by atoms with van der Waals surface area (Å²) in [6.45, 7) is 4.20. The summed E-state index contributed by atoms with van der Waals surface area (Å²) in [4.78, 5) is 30.1. The number of hydrogen-bond donors (Lipinski definition) is 1. The van der Waals surface area contributed by atoms with Gasteiger partial charge in [0.1, 0.15) is 40.6 Å². The highest BCUT2D eigenvalue weighted by atomic mass is 19.3. The van der Waals surface area contributed by atoms with Crippen molar-refractivity contribution in [1.82, 2.24) is 9.36 Å². The second-order valence-electron chi connectivity index (χ2n) is 8.11. The molecule has 0 unspecified atom stereocenters. The van der Waals surface area contributed by atoms with E-state index in [-0.39, 0.29) is 34.0 Å². The highest BCUT2D eigenvalue weighted by Crippen LogP contribution is 2.35. The van der Waals surface area contributed by atoms with Crippen molar-refractivity contribution in [2.24, 2.45) is 7.05 Å². The molecule has 202 valence electrons. The number of halogens is 4. The Balaban J connectivity index is 1.94. The van der Waals surface area contributed by atoms with Crippen molar-refractivity contribution < 1.29 is 31.8 Å². The molecule has 0 fully saturated rings. The number of amides is 1. The van der Waals surface area contributed by atoms with Gasteiger partial charge in [-0.15, -0.1) is 0 Å². The van der Waals surface area contributed by atoms with Crippen LogP contribution in [-0.2, 0) is 7.05 Å². The van der Waals surface area contributed by atoms with Gasteiger partial charge >= 0.3 is 6.61 Å². The van der Waals surface area contributed by atoms with Gasteiger partial charge in [0.2, 0.25) is 0 Å². The number of aromatic nitrogens is 2. The predicted molar refractivity (Wildman–Crippen MR) is 135 cm³/mol. The van der Waals surface area contributed by atoms with Gasteiger partial charge in [-0.3, -0.25) is 14.3 Å². The van der Waals surface area contributed by atoms with Crippen LogP contribution >= 0.6 is 0 Å². The van der Waals surface area contributed by atoms with E-state index < -0.39 is 46.7 Å². The van der Waals surface area contributed by atoms with Gasteiger partial charge < -0.3 is 14.8 Å². The zero-order chi connectivity index (χ0) is 29.1. The normalized spacial score (nSPS) is 10.6. The van der Waals surface area contributed by atoms with Gasteiger partial charge in [0, 0.05) is 24.7 Å². The first-order valence-corrected chi connectivity index (χ1v) is 11.2. The maximum Gasteiger partial charge on any atom is 0.387 e. The molecule has 1 N–H and O–H groups in total. The molecule has 0 bridgehead atoms. The van der Waals surface area contributed by atoms with Crippen LogP contribution < -0.4 is 20.3 Å². The van der Waals surface area contributed by atoms with Gasteiger partial charge in [0.05, 0.1) is 30.5 Å². The Bertz CT molecular complexity index is 1740. The highest BCUT2D eigenvalue weighted by Gasteiger charge is 2.28. The van der Waals surface area contributed by atoms with E-state index >= 15 is 8.78 Å². The first-order valence-electron chi connectivity index (χ1n) is 11.2. The third-order valence-electron chi connectivity index (χ3n) is 5.79. The van der Waals surface area contributed by atoms with Crippen LogP contribution in [0, 0.1) is 29.5 Å². The number of ether oxygens (including phenoxy) is 2. The molecule has 0 atom stereocenters. The fourth-order valence-electron chi connectivity index (χ4n) is 4.00. The minimum Gasteiger partial charge on any atom is -0.497 e. The number of rotatable bonds is 7. The van der Waals surface area contributed by atoms with Gasteiger partial charge in [-0.05, 0) is 30.3 Å². The summed E-state index contributed by atoms with van der Waals surface area (Å²) in [6.07, 6.45) is 0. The van der Waals surface area contributed by atoms with Crippen LogP contribution in [-0.4, -0.2) is 29.0 Å². The number of nitrogens with zero attached hydrogens (tertiary/aromatic N) is 4. The summed E-state index contributed by atoms with van der Waals surface area (Å²) < 4.78 is 66.5. The number of nitrogens with one attached hydrogen (secondary N) is 1. The van der Waals surface area contributed by atoms with E-state index in [1.165, 1.54) is 32.4 Å². The van der Waals surface area contributed by atoms with Crippen LogP contribution in [0.5, 0.6) is 11.5 Å². The molecule has 4 rings (SSSR count). The van der Waals surface area contributed by atoms with Gasteiger partial charge in [-0.25, -0.2) is 18.3 Å². The van der Waals surface area contributed by atoms with E-state index in [4.69, 9.17) is 11.3 Å². The van der Waals surface area contributed by atoms with Crippen molar-refractivity contribution in [3.05, 3.63) is 99.1 Å². The van der Waals surface area contributed by atoms with Crippen LogP contribution in [0.4, 0.5) is 28.9 Å². The molecule has 0 spiro atoms. The molecular formula is C27H17F4N5O4. The average Bonchev–Trinajstić information content (AvgIpc) is 3.16. The number of alkyl halides is 2. The summed E-state index contributed by atoms with van der Waals surface area (Å²) >= 11 is 0. The van der Waals surface area contributed by atoms with Gasteiger partial charge in [0.15, 0.2) is 5.69 Å². The first-order chi connectivity index (χ1) is 19.1. The predicted octanol–water partition coefficient (Wildman–Crippen LogP) is 5.41. The molecule has 1 heterocycles. The summed E-state index contributed by atoms with van der Waals surface area (Å²) in [5, 5.41) is 12.0. The lowest BCUT2D eigenvalue weighted by Crippen LogP contribution is -2.23. The number of carbonyl (C=O) groups is 1. The SMILES string of the molecule is [C-]#[N+]c1ccc(C#N)c(-n2c(=O)c(NC(=O)c3ccc(OC(F)F)cc3)c(-c3c(F)cc(OC)cc3F)n2C)c1. The second kappa shape index (κ2) is 11.0. The molecule has 3 aromatic carbocycles. The van der Waals surface area contributed by atoms with Gasteiger partial charge in [0.25, 0.3) is 11.5 Å². The van der Waals surface area contributed by atoms with Crippen LogP contribution in [0.3, 0.4) is 0 Å². The van der Waals surface area contributed by atoms with E-state index in [0.29, 0.717) is 0 Å². The number of benzene rings is 3. The third kappa shape index (κ3) is 5.08. The molecule has 40 heavy (non-hydrogen) atoms. The molecule has 13 heteroatoms. The van der Waals surface area contributed by atoms with Crippen molar-refractivity contribution >= 4 is 17.3 Å². The Kier molecular flexibility index (Phi) is 7.59. The largest absolute Gasteiger partial charge is 0.497 e. The van der Waals surface area contributed by atoms with Crippen molar-refractivity contribution in [2.75, 3.05) is 12.4 Å². The molecule has 9 nitrogen and oxygen atoms in total. The van der Waals surface area contributed by atoms with E-state index in [2.05, 4.69) is 14.9 Å². The van der Waals surface area contributed by atoms with E-state index in [1.54, 1.807) is 0 Å². The summed E-state index contributed by atoms with van der Waals surface area (Å²) in [7, 11) is 2.48. The van der Waals surface area contributed by atoms with Gasteiger partial charge in [-0.1, -0.05) is 12.1 Å². The number of anilines is 1. The lowest BCUT2D eigenvalue weighted by Gasteiger charge is -2.14. The number of methoxy groups -OCH3 is 1. The smallest absolute Gasteiger partial charge is 0.387 e. The second-order valence-corrected chi connectivity index (χ2v) is 8.11. The quantitative estimate of drug-likeness (QED) is 0.245. The minimum absolute atomic E-state index is 0.0372. The van der Waals surface area contributed by atoms with Crippen LogP contribution in [0.2, 0.25) is 0 Å². The Hall–Kier alpha value is -5.56. The lowest BCUT2D eigenvalue weighted by molar-refractivity contribution is -0.0498. The Labute approximate surface area is 223 Å². The molecule has 0 radical (unpaired) electrons. The summed E-state index contributed by atoms with van der Waals surface area (Å²) in [5.74, 6) is -3.52. The molecule has 0 aliphatic heterocycles. The van der Waals surface area contributed by atoms with Gasteiger partial charge in [-0.2, -0.15) is 14.0 Å². The van der Waals surface area contributed by atoms with Crippen molar-refractivity contribution in [3.63, 3.8) is 0 Å². The van der Waals surface area contributed by atoms with Crippen molar-refractivity contribution in [2.45, 2.75) is 6.61 Å². The highest BCUT2D eigenvalue weighted by molar-refractivity contribution is 6.06. The first kappa shape index (κ1) is 27.5. The molecule has 0 saturated carbocycles. The summed E-state index contributed by atoms with van der Waals surface area (Å²) in [6, 6.07) is 12.1. The summed E-state index contributed by atoms with van der Waals surface area (Å²) in [5.41, 5.74) is -2.75. The zero-order valence-electron chi connectivity index (χ0n) is 20.7. The maximum atomic E-state index is 15.2. The van der Waals surface area contributed by atoms with Crippen molar-refractivity contribution in [1.29, 1.82) is 5.26 Å². The fraction of sp³-hybridized carbons (Fsp3) is 0.111. The number of nitriles is 1. The van der Waals surface area contributed by atoms with Crippen LogP contribution in [0.15, 0.2) is 59.4 Å². The average molecular weight is 551 g/mol. The van der Waals surface area contributed by atoms with Crippen LogP contribution in [0.25, 0.3) is 21.8 Å². The Morgan fingerprint density at radius 1 is 1.07 bits per heavy atom.